The number of hydrogen-bond acceptors (Lipinski definition) is 6. The number of nitro groups is 1. The molecule has 0 spiro atoms. The van der Waals surface area contributed by atoms with Gasteiger partial charge in [-0.05, 0) is 18.2 Å². The fourth-order valence-corrected chi connectivity index (χ4v) is 1.93. The van der Waals surface area contributed by atoms with Crippen molar-refractivity contribution in [3.8, 4) is 0 Å². The van der Waals surface area contributed by atoms with E-state index in [0.29, 0.717) is 5.02 Å². The lowest BCUT2D eigenvalue weighted by atomic mass is 10.2. The second-order valence-electron chi connectivity index (χ2n) is 4.41. The minimum atomic E-state index is -0.956. The maximum Gasteiger partial charge on any atom is 0.340 e. The number of amides is 1. The molecule has 24 heavy (non-hydrogen) atoms. The molecule has 1 amide bonds. The van der Waals surface area contributed by atoms with Crippen LogP contribution >= 0.6 is 23.2 Å². The molecule has 0 unspecified atom stereocenters. The van der Waals surface area contributed by atoms with Crippen molar-refractivity contribution in [3.63, 3.8) is 0 Å². The first-order valence-electron chi connectivity index (χ1n) is 6.39. The number of carbonyl (C=O) groups is 2. The maximum absolute atomic E-state index is 11.9. The van der Waals surface area contributed by atoms with Crippen LogP contribution in [0.4, 0.5) is 11.5 Å². The van der Waals surface area contributed by atoms with Crippen LogP contribution in [0.2, 0.25) is 10.0 Å². The number of benzene rings is 1. The third kappa shape index (κ3) is 4.64. The SMILES string of the molecule is O=C(COC(=O)c1cc([N+](=O)[O-])ccc1Cl)Nc1ccc(Cl)cn1. The van der Waals surface area contributed by atoms with Crippen molar-refractivity contribution in [2.45, 2.75) is 0 Å². The zero-order valence-corrected chi connectivity index (χ0v) is 13.4. The molecule has 0 fully saturated rings. The second-order valence-corrected chi connectivity index (χ2v) is 5.25. The molecule has 0 aliphatic heterocycles. The quantitative estimate of drug-likeness (QED) is 0.492. The van der Waals surface area contributed by atoms with Gasteiger partial charge in [0.2, 0.25) is 0 Å². The number of rotatable bonds is 5. The molecule has 1 aromatic carbocycles. The van der Waals surface area contributed by atoms with Crippen LogP contribution in [0.15, 0.2) is 36.5 Å². The highest BCUT2D eigenvalue weighted by Crippen LogP contribution is 2.22. The molecule has 10 heteroatoms. The Labute approximate surface area is 145 Å². The Bertz CT molecular complexity index is 795. The van der Waals surface area contributed by atoms with Gasteiger partial charge in [-0.3, -0.25) is 14.9 Å². The van der Waals surface area contributed by atoms with Crippen LogP contribution in [0.25, 0.3) is 0 Å². The van der Waals surface area contributed by atoms with Gasteiger partial charge in [0.15, 0.2) is 6.61 Å². The van der Waals surface area contributed by atoms with Gasteiger partial charge in [0, 0.05) is 18.3 Å². The summed E-state index contributed by atoms with van der Waals surface area (Å²) < 4.78 is 4.79. The molecule has 1 heterocycles. The van der Waals surface area contributed by atoms with Crippen molar-refractivity contribution in [2.75, 3.05) is 11.9 Å². The van der Waals surface area contributed by atoms with Crippen LogP contribution in [-0.2, 0) is 9.53 Å². The number of non-ortho nitro benzene ring substituents is 1. The van der Waals surface area contributed by atoms with E-state index in [1.807, 2.05) is 0 Å². The van der Waals surface area contributed by atoms with Crippen LogP contribution in [0.1, 0.15) is 10.4 Å². The molecule has 0 atom stereocenters. The van der Waals surface area contributed by atoms with E-state index in [2.05, 4.69) is 10.3 Å². The molecular formula is C14H9Cl2N3O5. The average Bonchev–Trinajstić information content (AvgIpc) is 2.55. The van der Waals surface area contributed by atoms with Gasteiger partial charge in [-0.25, -0.2) is 9.78 Å². The van der Waals surface area contributed by atoms with Crippen LogP contribution in [0.3, 0.4) is 0 Å². The monoisotopic (exact) mass is 369 g/mol. The smallest absolute Gasteiger partial charge is 0.340 e. The van der Waals surface area contributed by atoms with E-state index in [9.17, 15) is 19.7 Å². The van der Waals surface area contributed by atoms with Crippen molar-refractivity contribution in [3.05, 3.63) is 62.3 Å². The summed E-state index contributed by atoms with van der Waals surface area (Å²) in [5.41, 5.74) is -0.524. The van der Waals surface area contributed by atoms with Gasteiger partial charge in [-0.2, -0.15) is 0 Å². The lowest BCUT2D eigenvalue weighted by molar-refractivity contribution is -0.384. The number of nitro benzene ring substituents is 1. The van der Waals surface area contributed by atoms with Crippen molar-refractivity contribution < 1.29 is 19.2 Å². The van der Waals surface area contributed by atoms with E-state index in [0.717, 1.165) is 12.1 Å². The third-order valence-corrected chi connectivity index (χ3v) is 3.26. The van der Waals surface area contributed by atoms with E-state index < -0.39 is 23.4 Å². The molecular weight excluding hydrogens is 361 g/mol. The zero-order valence-electron chi connectivity index (χ0n) is 11.9. The molecule has 1 aromatic heterocycles. The fourth-order valence-electron chi connectivity index (χ4n) is 1.62. The van der Waals surface area contributed by atoms with Gasteiger partial charge in [0.05, 0.1) is 20.5 Å². The highest BCUT2D eigenvalue weighted by Gasteiger charge is 2.18. The lowest BCUT2D eigenvalue weighted by Gasteiger charge is -2.07. The van der Waals surface area contributed by atoms with Gasteiger partial charge >= 0.3 is 5.97 Å². The lowest BCUT2D eigenvalue weighted by Crippen LogP contribution is -2.21. The number of halogens is 2. The number of anilines is 1. The number of aromatic nitrogens is 1. The first-order chi connectivity index (χ1) is 11.4. The first kappa shape index (κ1) is 17.6. The molecule has 2 aromatic rings. The summed E-state index contributed by atoms with van der Waals surface area (Å²) in [7, 11) is 0. The highest BCUT2D eigenvalue weighted by atomic mass is 35.5. The molecule has 0 saturated carbocycles. The van der Waals surface area contributed by atoms with E-state index in [4.69, 9.17) is 27.9 Å². The first-order valence-corrected chi connectivity index (χ1v) is 7.15. The molecule has 0 aliphatic rings. The molecule has 0 aliphatic carbocycles. The molecule has 0 bridgehead atoms. The summed E-state index contributed by atoms with van der Waals surface area (Å²) in [6.07, 6.45) is 1.34. The zero-order chi connectivity index (χ0) is 17.7. The minimum Gasteiger partial charge on any atom is -0.452 e. The predicted molar refractivity (Wildman–Crippen MR) is 86.3 cm³/mol. The summed E-state index contributed by atoms with van der Waals surface area (Å²) in [5, 5.41) is 13.5. The molecule has 124 valence electrons. The molecule has 1 N–H and O–H groups in total. The van der Waals surface area contributed by atoms with Crippen LogP contribution in [0.5, 0.6) is 0 Å². The Morgan fingerprint density at radius 2 is 2.00 bits per heavy atom. The van der Waals surface area contributed by atoms with Gasteiger partial charge in [0.1, 0.15) is 5.82 Å². The fraction of sp³-hybridized carbons (Fsp3) is 0.0714. The summed E-state index contributed by atoms with van der Waals surface area (Å²) >= 11 is 11.5. The highest BCUT2D eigenvalue weighted by molar-refractivity contribution is 6.33. The topological polar surface area (TPSA) is 111 Å². The summed E-state index contributed by atoms with van der Waals surface area (Å²) in [6.45, 7) is -0.609. The van der Waals surface area contributed by atoms with E-state index >= 15 is 0 Å². The molecule has 2 rings (SSSR count). The van der Waals surface area contributed by atoms with Gasteiger partial charge in [-0.1, -0.05) is 23.2 Å². The summed E-state index contributed by atoms with van der Waals surface area (Å²) in [5.74, 6) is -1.36. The Kier molecular flexibility index (Phi) is 5.67. The second kappa shape index (κ2) is 7.71. The number of nitrogens with zero attached hydrogens (tertiary/aromatic N) is 2. The Morgan fingerprint density at radius 1 is 1.25 bits per heavy atom. The number of pyridine rings is 1. The number of esters is 1. The Balaban J connectivity index is 1.97. The normalized spacial score (nSPS) is 10.1. The van der Waals surface area contributed by atoms with Crippen LogP contribution in [-0.4, -0.2) is 28.4 Å². The summed E-state index contributed by atoms with van der Waals surface area (Å²) in [6, 6.07) is 6.33. The van der Waals surface area contributed by atoms with Crippen LogP contribution < -0.4 is 5.32 Å². The van der Waals surface area contributed by atoms with Gasteiger partial charge in [0.25, 0.3) is 11.6 Å². The number of nitrogens with one attached hydrogen (secondary N) is 1. The van der Waals surface area contributed by atoms with Crippen molar-refractivity contribution in [2.24, 2.45) is 0 Å². The van der Waals surface area contributed by atoms with Gasteiger partial charge < -0.3 is 10.1 Å². The summed E-state index contributed by atoms with van der Waals surface area (Å²) in [4.78, 5) is 37.5. The molecule has 0 saturated heterocycles. The molecule has 8 nitrogen and oxygen atoms in total. The van der Waals surface area contributed by atoms with Gasteiger partial charge in [-0.15, -0.1) is 0 Å². The Hall–Kier alpha value is -2.71. The number of hydrogen-bond donors (Lipinski definition) is 1. The standard InChI is InChI=1S/C14H9Cl2N3O5/c15-8-1-4-12(17-6-8)18-13(20)7-24-14(21)10-5-9(19(22)23)2-3-11(10)16/h1-6H,7H2,(H,17,18,20). The third-order valence-electron chi connectivity index (χ3n) is 2.71. The van der Waals surface area contributed by atoms with Crippen molar-refractivity contribution in [1.29, 1.82) is 0 Å². The maximum atomic E-state index is 11.9. The van der Waals surface area contributed by atoms with E-state index in [-0.39, 0.29) is 22.1 Å². The largest absolute Gasteiger partial charge is 0.452 e. The minimum absolute atomic E-state index is 0.0228. The van der Waals surface area contributed by atoms with Crippen molar-refractivity contribution in [1.82, 2.24) is 4.98 Å². The predicted octanol–water partition coefficient (Wildman–Crippen LogP) is 3.09. The molecule has 0 radical (unpaired) electrons. The average molecular weight is 370 g/mol. The van der Waals surface area contributed by atoms with E-state index in [1.165, 1.54) is 24.4 Å². The number of ether oxygens (including phenoxy) is 1. The van der Waals surface area contributed by atoms with Crippen LogP contribution in [0, 0.1) is 10.1 Å². The number of carbonyl (C=O) groups excluding carboxylic acids is 2. The van der Waals surface area contributed by atoms with Crippen molar-refractivity contribution >= 4 is 46.6 Å². The van der Waals surface area contributed by atoms with E-state index in [1.54, 1.807) is 0 Å². The Morgan fingerprint density at radius 3 is 2.62 bits per heavy atom.